The van der Waals surface area contributed by atoms with Crippen LogP contribution in [0, 0.1) is 5.41 Å². The number of anilines is 1. The molecule has 2 amide bonds. The van der Waals surface area contributed by atoms with Crippen LogP contribution in [0.5, 0.6) is 0 Å². The second-order valence-corrected chi connectivity index (χ2v) is 5.11. The molecule has 1 aromatic heterocycles. The van der Waals surface area contributed by atoms with E-state index in [0.717, 1.165) is 9.37 Å². The van der Waals surface area contributed by atoms with Gasteiger partial charge in [0, 0.05) is 24.3 Å². The summed E-state index contributed by atoms with van der Waals surface area (Å²) in [5.74, 6) is -0.646. The molecule has 0 aliphatic rings. The molecule has 0 bridgehead atoms. The fraction of sp³-hybridized carbons (Fsp3) is 0.467. The molecule has 134 valence electrons. The molecule has 0 radical (unpaired) electrons. The number of amidine groups is 1. The molecule has 0 saturated heterocycles. The molecule has 0 aliphatic heterocycles. The molecule has 0 aromatic carbocycles. The molecule has 0 spiro atoms. The monoisotopic (exact) mass is 401 g/mol. The number of nitrogens with zero attached hydrogens (tertiary/aromatic N) is 2. The maximum absolute atomic E-state index is 11.5. The van der Waals surface area contributed by atoms with Crippen molar-refractivity contribution in [2.75, 3.05) is 25.5 Å². The molecule has 24 heavy (non-hydrogen) atoms. The van der Waals surface area contributed by atoms with Crippen molar-refractivity contribution < 1.29 is 14.3 Å². The highest BCUT2D eigenvalue weighted by molar-refractivity contribution is 9.10. The van der Waals surface area contributed by atoms with Gasteiger partial charge in [0.15, 0.2) is 5.84 Å². The average molecular weight is 402 g/mol. The van der Waals surface area contributed by atoms with Gasteiger partial charge in [0.1, 0.15) is 5.69 Å². The highest BCUT2D eigenvalue weighted by atomic mass is 79.9. The second-order valence-electron chi connectivity index (χ2n) is 4.19. The molecule has 0 unspecified atom stereocenters. The number of urea groups is 1. The molecule has 0 atom stereocenters. The summed E-state index contributed by atoms with van der Waals surface area (Å²) in [5.41, 5.74) is 6.11. The third-order valence-electron chi connectivity index (χ3n) is 2.73. The Labute approximate surface area is 150 Å². The van der Waals surface area contributed by atoms with Gasteiger partial charge >= 0.3 is 12.0 Å². The van der Waals surface area contributed by atoms with Crippen molar-refractivity contribution in [3.8, 4) is 0 Å². The van der Waals surface area contributed by atoms with E-state index >= 15 is 0 Å². The van der Waals surface area contributed by atoms with Crippen molar-refractivity contribution in [3.63, 3.8) is 0 Å². The standard InChI is InChI=1S/C13H18BrN5O3.C2H6/c1-3-22-10(20)4-5-19(13(16)21)12(15)11-9(17-2)6-8(14)7-18-11;1-2/h6-7,15,17H,3-5H2,1-2H3,(H2,16,21);1-2H3. The van der Waals surface area contributed by atoms with E-state index < -0.39 is 12.0 Å². The van der Waals surface area contributed by atoms with Gasteiger partial charge < -0.3 is 15.8 Å². The minimum atomic E-state index is -0.832. The maximum Gasteiger partial charge on any atom is 0.320 e. The summed E-state index contributed by atoms with van der Waals surface area (Å²) < 4.78 is 5.52. The molecule has 1 aromatic rings. The van der Waals surface area contributed by atoms with E-state index in [1.165, 1.54) is 6.20 Å². The number of rotatable bonds is 6. The number of pyridine rings is 1. The van der Waals surface area contributed by atoms with Gasteiger partial charge in [-0.3, -0.25) is 15.1 Å². The number of nitrogens with two attached hydrogens (primary N) is 1. The van der Waals surface area contributed by atoms with Crippen LogP contribution in [-0.4, -0.2) is 47.9 Å². The fourth-order valence-corrected chi connectivity index (χ4v) is 2.05. The first-order valence-corrected chi connectivity index (χ1v) is 8.34. The van der Waals surface area contributed by atoms with Gasteiger partial charge in [0.05, 0.1) is 18.7 Å². The van der Waals surface area contributed by atoms with E-state index in [0.29, 0.717) is 5.69 Å². The zero-order valence-corrected chi connectivity index (χ0v) is 15.9. The van der Waals surface area contributed by atoms with Crippen molar-refractivity contribution >= 4 is 39.5 Å². The number of carbonyl (C=O) groups is 2. The molecule has 0 aliphatic carbocycles. The fourth-order valence-electron chi connectivity index (χ4n) is 1.71. The Morgan fingerprint density at radius 1 is 1.46 bits per heavy atom. The predicted octanol–water partition coefficient (Wildman–Crippen LogP) is 2.57. The number of primary amides is 1. The maximum atomic E-state index is 11.5. The summed E-state index contributed by atoms with van der Waals surface area (Å²) in [6.45, 7) is 5.90. The minimum absolute atomic E-state index is 0.0477. The number of carbonyl (C=O) groups excluding carboxylic acids is 2. The lowest BCUT2D eigenvalue weighted by molar-refractivity contribution is -0.143. The van der Waals surface area contributed by atoms with Crippen molar-refractivity contribution in [3.05, 3.63) is 22.4 Å². The molecule has 9 heteroatoms. The highest BCUT2D eigenvalue weighted by Crippen LogP contribution is 2.20. The van der Waals surface area contributed by atoms with Crippen LogP contribution in [0.4, 0.5) is 10.5 Å². The van der Waals surface area contributed by atoms with Crippen molar-refractivity contribution in [2.24, 2.45) is 5.73 Å². The number of aromatic nitrogens is 1. The summed E-state index contributed by atoms with van der Waals surface area (Å²) in [6, 6.07) is 0.891. The zero-order valence-electron chi connectivity index (χ0n) is 14.4. The lowest BCUT2D eigenvalue weighted by Crippen LogP contribution is -2.42. The van der Waals surface area contributed by atoms with Gasteiger partial charge in [-0.05, 0) is 28.9 Å². The lowest BCUT2D eigenvalue weighted by atomic mass is 10.2. The third-order valence-corrected chi connectivity index (χ3v) is 3.16. The molecule has 1 heterocycles. The summed E-state index contributed by atoms with van der Waals surface area (Å²) in [6.07, 6.45) is 1.46. The van der Waals surface area contributed by atoms with E-state index in [4.69, 9.17) is 15.9 Å². The SMILES string of the molecule is CC.CCOC(=O)CCN(C(=N)c1ncc(Br)cc1NC)C(N)=O. The normalized spacial score (nSPS) is 9.38. The van der Waals surface area contributed by atoms with Crippen molar-refractivity contribution in [1.82, 2.24) is 9.88 Å². The van der Waals surface area contributed by atoms with Crippen LogP contribution in [0.25, 0.3) is 0 Å². The molecule has 8 nitrogen and oxygen atoms in total. The Kier molecular flexibility index (Phi) is 10.4. The summed E-state index contributed by atoms with van der Waals surface area (Å²) >= 11 is 3.28. The minimum Gasteiger partial charge on any atom is -0.466 e. The first-order chi connectivity index (χ1) is 11.4. The number of ether oxygens (including phenoxy) is 1. The van der Waals surface area contributed by atoms with E-state index in [-0.39, 0.29) is 31.1 Å². The Morgan fingerprint density at radius 3 is 2.58 bits per heavy atom. The molecule has 1 rings (SSSR count). The highest BCUT2D eigenvalue weighted by Gasteiger charge is 2.22. The molecular weight excluding hydrogens is 378 g/mol. The summed E-state index contributed by atoms with van der Waals surface area (Å²) in [5, 5.41) is 11.0. The van der Waals surface area contributed by atoms with Crippen LogP contribution in [0.15, 0.2) is 16.7 Å². The zero-order chi connectivity index (χ0) is 18.7. The van der Waals surface area contributed by atoms with Gasteiger partial charge in [0.2, 0.25) is 0 Å². The van der Waals surface area contributed by atoms with Crippen molar-refractivity contribution in [1.29, 1.82) is 5.41 Å². The number of halogens is 1. The van der Waals surface area contributed by atoms with Gasteiger partial charge in [0.25, 0.3) is 0 Å². The number of nitrogens with one attached hydrogen (secondary N) is 2. The first kappa shape index (κ1) is 21.8. The van der Waals surface area contributed by atoms with Crippen molar-refractivity contribution in [2.45, 2.75) is 27.2 Å². The van der Waals surface area contributed by atoms with Crippen LogP contribution in [0.1, 0.15) is 32.9 Å². The largest absolute Gasteiger partial charge is 0.466 e. The summed E-state index contributed by atoms with van der Waals surface area (Å²) in [4.78, 5) is 28.0. The average Bonchev–Trinajstić information content (AvgIpc) is 2.56. The van der Waals surface area contributed by atoms with E-state index in [2.05, 4.69) is 26.2 Å². The van der Waals surface area contributed by atoms with Crippen LogP contribution in [0.2, 0.25) is 0 Å². The van der Waals surface area contributed by atoms with E-state index in [1.54, 1.807) is 20.0 Å². The van der Waals surface area contributed by atoms with E-state index in [1.807, 2.05) is 13.8 Å². The number of amides is 2. The van der Waals surface area contributed by atoms with Gasteiger partial charge in [-0.1, -0.05) is 13.8 Å². The third kappa shape index (κ3) is 6.53. The van der Waals surface area contributed by atoms with Gasteiger partial charge in [-0.2, -0.15) is 0 Å². The van der Waals surface area contributed by atoms with Crippen LogP contribution >= 0.6 is 15.9 Å². The molecule has 0 saturated carbocycles. The topological polar surface area (TPSA) is 121 Å². The number of esters is 1. The Bertz CT molecular complexity index is 580. The van der Waals surface area contributed by atoms with E-state index in [9.17, 15) is 9.59 Å². The second kappa shape index (κ2) is 11.4. The van der Waals surface area contributed by atoms with Crippen LogP contribution in [-0.2, 0) is 9.53 Å². The van der Waals surface area contributed by atoms with Crippen LogP contribution in [0.3, 0.4) is 0 Å². The van der Waals surface area contributed by atoms with Gasteiger partial charge in [-0.25, -0.2) is 9.78 Å². The van der Waals surface area contributed by atoms with Gasteiger partial charge in [-0.15, -0.1) is 0 Å². The smallest absolute Gasteiger partial charge is 0.320 e. The Morgan fingerprint density at radius 2 is 2.08 bits per heavy atom. The first-order valence-electron chi connectivity index (χ1n) is 7.55. The molecule has 0 fully saturated rings. The number of hydrogen-bond donors (Lipinski definition) is 3. The predicted molar refractivity (Wildman–Crippen MR) is 97.2 cm³/mol. The Balaban J connectivity index is 0.00000254. The molecule has 4 N–H and O–H groups in total. The Hall–Kier alpha value is -2.16. The quantitative estimate of drug-likeness (QED) is 0.384. The number of hydrogen-bond acceptors (Lipinski definition) is 6. The van der Waals surface area contributed by atoms with Crippen LogP contribution < -0.4 is 11.1 Å². The molecular formula is C15H24BrN5O3. The lowest BCUT2D eigenvalue weighted by Gasteiger charge is -2.21. The summed E-state index contributed by atoms with van der Waals surface area (Å²) in [7, 11) is 1.67.